The van der Waals surface area contributed by atoms with Crippen molar-refractivity contribution in [3.05, 3.63) is 74.9 Å². The predicted octanol–water partition coefficient (Wildman–Crippen LogP) is 4.18. The molecule has 0 amide bonds. The van der Waals surface area contributed by atoms with Crippen LogP contribution in [0.25, 0.3) is 11.0 Å². The average Bonchev–Trinajstić information content (AvgIpc) is 2.67. The van der Waals surface area contributed by atoms with Crippen LogP contribution in [0, 0.1) is 26.6 Å². The van der Waals surface area contributed by atoms with Gasteiger partial charge in [-0.15, -0.1) is 0 Å². The highest BCUT2D eigenvalue weighted by atomic mass is 19.1. The molecular weight excluding hydrogens is 355 g/mol. The lowest BCUT2D eigenvalue weighted by Crippen LogP contribution is -2.46. The molecule has 28 heavy (non-hydrogen) atoms. The van der Waals surface area contributed by atoms with Crippen LogP contribution in [0.3, 0.4) is 0 Å². The summed E-state index contributed by atoms with van der Waals surface area (Å²) in [6.45, 7) is 9.95. The zero-order valence-corrected chi connectivity index (χ0v) is 16.6. The molecule has 0 saturated carbocycles. The van der Waals surface area contributed by atoms with Crippen molar-refractivity contribution in [3.63, 3.8) is 0 Å². The molecule has 1 fully saturated rings. The summed E-state index contributed by atoms with van der Waals surface area (Å²) in [5, 5.41) is 1.04. The number of piperazine rings is 1. The average molecular weight is 380 g/mol. The number of aryl methyl sites for hydroxylation is 3. The first-order chi connectivity index (χ1) is 13.4. The number of halogens is 1. The molecular formula is C23H25FN2O2. The van der Waals surface area contributed by atoms with Gasteiger partial charge in [-0.1, -0.05) is 18.2 Å². The van der Waals surface area contributed by atoms with E-state index in [1.165, 1.54) is 6.07 Å². The number of anilines is 1. The van der Waals surface area contributed by atoms with Gasteiger partial charge in [-0.2, -0.15) is 0 Å². The molecule has 4 nitrogen and oxygen atoms in total. The maximum Gasteiger partial charge on any atom is 0.336 e. The molecule has 0 unspecified atom stereocenters. The highest BCUT2D eigenvalue weighted by molar-refractivity contribution is 5.87. The lowest BCUT2D eigenvalue weighted by molar-refractivity contribution is 0.249. The molecule has 146 valence electrons. The van der Waals surface area contributed by atoms with Crippen LogP contribution < -0.4 is 10.5 Å². The Bertz CT molecular complexity index is 1080. The molecule has 0 spiro atoms. The molecule has 1 aliphatic rings. The van der Waals surface area contributed by atoms with Crippen molar-refractivity contribution in [2.24, 2.45) is 0 Å². The van der Waals surface area contributed by atoms with Crippen molar-refractivity contribution in [2.75, 3.05) is 31.1 Å². The topological polar surface area (TPSA) is 36.7 Å². The smallest absolute Gasteiger partial charge is 0.336 e. The van der Waals surface area contributed by atoms with Crippen molar-refractivity contribution in [2.45, 2.75) is 27.3 Å². The summed E-state index contributed by atoms with van der Waals surface area (Å²) >= 11 is 0. The first-order valence-electron chi connectivity index (χ1n) is 9.69. The van der Waals surface area contributed by atoms with E-state index in [1.54, 1.807) is 12.1 Å². The van der Waals surface area contributed by atoms with Crippen LogP contribution in [0.15, 0.2) is 45.6 Å². The third kappa shape index (κ3) is 3.42. The Morgan fingerprint density at radius 1 is 1.00 bits per heavy atom. The Balaban J connectivity index is 1.58. The zero-order valence-electron chi connectivity index (χ0n) is 16.6. The van der Waals surface area contributed by atoms with Crippen LogP contribution in [-0.4, -0.2) is 31.1 Å². The van der Waals surface area contributed by atoms with Gasteiger partial charge in [0.1, 0.15) is 11.4 Å². The first-order valence-corrected chi connectivity index (χ1v) is 9.69. The van der Waals surface area contributed by atoms with Gasteiger partial charge < -0.3 is 9.32 Å². The second kappa shape index (κ2) is 7.40. The predicted molar refractivity (Wildman–Crippen MR) is 111 cm³/mol. The summed E-state index contributed by atoms with van der Waals surface area (Å²) in [7, 11) is 0. The van der Waals surface area contributed by atoms with Gasteiger partial charge in [-0.05, 0) is 55.2 Å². The fraction of sp³-hybridized carbons (Fsp3) is 0.348. The number of nitrogens with zero attached hydrogens (tertiary/aromatic N) is 2. The Hall–Kier alpha value is -2.66. The van der Waals surface area contributed by atoms with Crippen LogP contribution in [0.2, 0.25) is 0 Å². The Morgan fingerprint density at radius 2 is 1.71 bits per heavy atom. The van der Waals surface area contributed by atoms with Crippen LogP contribution in [-0.2, 0) is 6.54 Å². The SMILES string of the molecule is Cc1cc(C)c2c(CN3CCN(c4ccccc4F)CC3)cc(=O)oc2c1C. The molecule has 2 heterocycles. The van der Waals surface area contributed by atoms with Gasteiger partial charge in [0.2, 0.25) is 0 Å². The molecule has 0 atom stereocenters. The Morgan fingerprint density at radius 3 is 2.43 bits per heavy atom. The fourth-order valence-corrected chi connectivity index (χ4v) is 4.14. The van der Waals surface area contributed by atoms with Gasteiger partial charge in [0.15, 0.2) is 0 Å². The summed E-state index contributed by atoms with van der Waals surface area (Å²) < 4.78 is 19.6. The summed E-state index contributed by atoms with van der Waals surface area (Å²) in [5.41, 5.74) is 5.33. The van der Waals surface area contributed by atoms with E-state index in [-0.39, 0.29) is 11.4 Å². The molecule has 0 aliphatic carbocycles. The summed E-state index contributed by atoms with van der Waals surface area (Å²) in [6.07, 6.45) is 0. The minimum atomic E-state index is -0.305. The van der Waals surface area contributed by atoms with E-state index in [0.29, 0.717) is 17.8 Å². The van der Waals surface area contributed by atoms with E-state index in [0.717, 1.165) is 53.8 Å². The van der Waals surface area contributed by atoms with Gasteiger partial charge in [-0.25, -0.2) is 9.18 Å². The number of hydrogen-bond donors (Lipinski definition) is 0. The van der Waals surface area contributed by atoms with E-state index < -0.39 is 0 Å². The summed E-state index contributed by atoms with van der Waals surface area (Å²) in [5.74, 6) is -0.177. The van der Waals surface area contributed by atoms with E-state index in [1.807, 2.05) is 26.0 Å². The first kappa shape index (κ1) is 18.7. The highest BCUT2D eigenvalue weighted by Crippen LogP contribution is 2.28. The van der Waals surface area contributed by atoms with Crippen molar-refractivity contribution < 1.29 is 8.81 Å². The summed E-state index contributed by atoms with van der Waals surface area (Å²) in [4.78, 5) is 16.6. The van der Waals surface area contributed by atoms with Crippen LogP contribution in [0.5, 0.6) is 0 Å². The Kier molecular flexibility index (Phi) is 4.94. The quantitative estimate of drug-likeness (QED) is 0.639. The van der Waals surface area contributed by atoms with Crippen LogP contribution >= 0.6 is 0 Å². The lowest BCUT2D eigenvalue weighted by Gasteiger charge is -2.36. The monoisotopic (exact) mass is 380 g/mol. The molecule has 0 bridgehead atoms. The van der Waals surface area contributed by atoms with Gasteiger partial charge in [0.25, 0.3) is 0 Å². The molecule has 0 N–H and O–H groups in total. The van der Waals surface area contributed by atoms with Gasteiger partial charge in [-0.3, -0.25) is 4.90 Å². The van der Waals surface area contributed by atoms with Crippen LogP contribution in [0.1, 0.15) is 22.3 Å². The number of rotatable bonds is 3. The second-order valence-corrected chi connectivity index (χ2v) is 7.64. The van der Waals surface area contributed by atoms with E-state index in [2.05, 4.69) is 22.8 Å². The van der Waals surface area contributed by atoms with E-state index >= 15 is 0 Å². The minimum absolute atomic E-state index is 0.177. The van der Waals surface area contributed by atoms with Crippen molar-refractivity contribution in [1.29, 1.82) is 0 Å². The third-order valence-electron chi connectivity index (χ3n) is 5.76. The van der Waals surface area contributed by atoms with E-state index in [9.17, 15) is 9.18 Å². The molecule has 1 aliphatic heterocycles. The van der Waals surface area contributed by atoms with Crippen molar-refractivity contribution in [1.82, 2.24) is 4.90 Å². The van der Waals surface area contributed by atoms with Gasteiger partial charge >= 0.3 is 5.63 Å². The molecule has 5 heteroatoms. The van der Waals surface area contributed by atoms with E-state index in [4.69, 9.17) is 4.42 Å². The zero-order chi connectivity index (χ0) is 19.8. The number of para-hydroxylation sites is 1. The maximum absolute atomic E-state index is 14.1. The molecule has 1 aromatic heterocycles. The minimum Gasteiger partial charge on any atom is -0.422 e. The molecule has 2 aromatic carbocycles. The third-order valence-corrected chi connectivity index (χ3v) is 5.76. The highest BCUT2D eigenvalue weighted by Gasteiger charge is 2.21. The standard InChI is InChI=1S/C23H25FN2O2/c1-15-12-16(2)22-18(13-21(27)28-23(22)17(15)3)14-25-8-10-26(11-9-25)20-7-5-4-6-19(20)24/h4-7,12-13H,8-11,14H2,1-3H3. The van der Waals surface area contributed by atoms with Gasteiger partial charge in [0, 0.05) is 44.2 Å². The molecule has 1 saturated heterocycles. The molecule has 3 aromatic rings. The summed E-state index contributed by atoms with van der Waals surface area (Å²) in [6, 6.07) is 10.7. The Labute approximate surface area is 164 Å². The number of hydrogen-bond acceptors (Lipinski definition) is 4. The van der Waals surface area contributed by atoms with Crippen LogP contribution in [0.4, 0.5) is 10.1 Å². The number of benzene rings is 2. The molecule has 0 radical (unpaired) electrons. The van der Waals surface area contributed by atoms with Crippen molar-refractivity contribution >= 4 is 16.7 Å². The second-order valence-electron chi connectivity index (χ2n) is 7.64. The normalized spacial score (nSPS) is 15.4. The fourth-order valence-electron chi connectivity index (χ4n) is 4.14. The van der Waals surface area contributed by atoms with Crippen molar-refractivity contribution in [3.8, 4) is 0 Å². The lowest BCUT2D eigenvalue weighted by atomic mass is 9.98. The van der Waals surface area contributed by atoms with Gasteiger partial charge in [0.05, 0.1) is 5.69 Å². The largest absolute Gasteiger partial charge is 0.422 e. The number of fused-ring (bicyclic) bond motifs is 1. The maximum atomic E-state index is 14.1. The molecule has 4 rings (SSSR count).